The average molecular weight is 430 g/mol. The van der Waals surface area contributed by atoms with Crippen LogP contribution in [0.5, 0.6) is 0 Å². The highest BCUT2D eigenvalue weighted by molar-refractivity contribution is 14.1. The largest absolute Gasteiger partial charge is 0.0808 e. The highest BCUT2D eigenvalue weighted by atomic mass is 127. The summed E-state index contributed by atoms with van der Waals surface area (Å²) in [5.41, 5.74) is 5.97. The summed E-state index contributed by atoms with van der Waals surface area (Å²) in [5.74, 6) is 0.951. The number of halogens is 1. The van der Waals surface area contributed by atoms with Gasteiger partial charge in [0.05, 0.1) is 0 Å². The lowest BCUT2D eigenvalue weighted by Crippen LogP contribution is -2.27. The Balaban J connectivity index is 2.13. The van der Waals surface area contributed by atoms with Crippen LogP contribution < -0.4 is 0 Å². The predicted octanol–water partition coefficient (Wildman–Crippen LogP) is 7.33. The van der Waals surface area contributed by atoms with Crippen molar-refractivity contribution in [3.8, 4) is 0 Å². The quantitative estimate of drug-likeness (QED) is 0.410. The maximum Gasteiger partial charge on any atom is -0.000437 e. The van der Waals surface area contributed by atoms with Crippen molar-refractivity contribution in [2.45, 2.75) is 51.9 Å². The van der Waals surface area contributed by atoms with Crippen molar-refractivity contribution >= 4 is 28.2 Å². The molecule has 0 spiro atoms. The van der Waals surface area contributed by atoms with Crippen molar-refractivity contribution < 1.29 is 0 Å². The number of hydrogen-bond donors (Lipinski definition) is 0. The zero-order chi connectivity index (χ0) is 17.3. The third-order valence-corrected chi connectivity index (χ3v) is 6.66. The maximum atomic E-state index is 2.47. The number of allylic oxidation sites excluding steroid dienone is 8. The highest BCUT2D eigenvalue weighted by Gasteiger charge is 2.30. The Kier molecular flexibility index (Phi) is 5.19. The third-order valence-electron chi connectivity index (χ3n) is 5.76. The molecule has 126 valence electrons. The van der Waals surface area contributed by atoms with E-state index < -0.39 is 0 Å². The molecule has 0 N–H and O–H groups in total. The van der Waals surface area contributed by atoms with Gasteiger partial charge in [-0.25, -0.2) is 0 Å². The van der Waals surface area contributed by atoms with Gasteiger partial charge >= 0.3 is 0 Å². The molecule has 0 aromatic heterocycles. The van der Waals surface area contributed by atoms with E-state index in [-0.39, 0.29) is 5.41 Å². The first kappa shape index (κ1) is 17.7. The van der Waals surface area contributed by atoms with Crippen molar-refractivity contribution in [3.05, 3.63) is 74.9 Å². The first-order chi connectivity index (χ1) is 11.4. The molecule has 2 unspecified atom stereocenters. The van der Waals surface area contributed by atoms with Gasteiger partial charge in [-0.15, -0.1) is 0 Å². The molecule has 24 heavy (non-hydrogen) atoms. The Morgan fingerprint density at radius 2 is 1.75 bits per heavy atom. The van der Waals surface area contributed by atoms with Crippen LogP contribution in [0.4, 0.5) is 0 Å². The molecule has 0 nitrogen and oxygen atoms in total. The van der Waals surface area contributed by atoms with Gasteiger partial charge < -0.3 is 0 Å². The van der Waals surface area contributed by atoms with Gasteiger partial charge in [-0.2, -0.15) is 0 Å². The van der Waals surface area contributed by atoms with Crippen LogP contribution in [0, 0.1) is 5.92 Å². The van der Waals surface area contributed by atoms with Gasteiger partial charge in [0, 0.05) is 0 Å². The molecule has 2 aliphatic rings. The summed E-state index contributed by atoms with van der Waals surface area (Å²) in [6, 6.07) is 7.16. The van der Waals surface area contributed by atoms with E-state index in [1.54, 1.807) is 0 Å². The van der Waals surface area contributed by atoms with E-state index in [9.17, 15) is 0 Å². The van der Waals surface area contributed by atoms with E-state index in [0.29, 0.717) is 11.8 Å². The minimum absolute atomic E-state index is 0.127. The van der Waals surface area contributed by atoms with Gasteiger partial charge in [-0.3, -0.25) is 0 Å². The van der Waals surface area contributed by atoms with Gasteiger partial charge in [0.1, 0.15) is 0 Å². The van der Waals surface area contributed by atoms with E-state index in [2.05, 4.69) is 105 Å². The van der Waals surface area contributed by atoms with Gasteiger partial charge in [0.2, 0.25) is 0 Å². The molecule has 0 fully saturated rings. The highest BCUT2D eigenvalue weighted by Crippen LogP contribution is 2.40. The van der Waals surface area contributed by atoms with Gasteiger partial charge in [-0.05, 0) is 78.5 Å². The third kappa shape index (κ3) is 3.46. The van der Waals surface area contributed by atoms with Crippen molar-refractivity contribution in [2.24, 2.45) is 5.92 Å². The maximum absolute atomic E-state index is 2.47. The second-order valence-electron chi connectivity index (χ2n) is 7.68. The zero-order valence-corrected chi connectivity index (χ0v) is 17.3. The van der Waals surface area contributed by atoms with Crippen molar-refractivity contribution in [2.75, 3.05) is 0 Å². The normalized spacial score (nSPS) is 28.5. The Morgan fingerprint density at radius 1 is 1.00 bits per heavy atom. The molecule has 0 heterocycles. The van der Waals surface area contributed by atoms with E-state index in [4.69, 9.17) is 0 Å². The van der Waals surface area contributed by atoms with E-state index >= 15 is 0 Å². The minimum atomic E-state index is 0.127. The van der Waals surface area contributed by atoms with E-state index in [1.165, 1.54) is 32.3 Å². The number of fused-ring (bicyclic) bond motifs is 1. The topological polar surface area (TPSA) is 0 Å². The molecule has 0 radical (unpaired) electrons. The molecule has 0 saturated heterocycles. The summed E-state index contributed by atoms with van der Waals surface area (Å²) < 4.78 is 1.46. The summed E-state index contributed by atoms with van der Waals surface area (Å²) in [6.07, 6.45) is 16.0. The summed E-state index contributed by atoms with van der Waals surface area (Å²) in [6.45, 7) is 9.42. The van der Waals surface area contributed by atoms with Gasteiger partial charge in [-0.1, -0.05) is 82.4 Å². The molecule has 1 heteroatoms. The molecule has 0 amide bonds. The monoisotopic (exact) mass is 430 g/mol. The van der Waals surface area contributed by atoms with Crippen LogP contribution >= 0.6 is 22.6 Å². The van der Waals surface area contributed by atoms with Crippen LogP contribution in [-0.2, 0) is 5.41 Å². The Labute approximate surface area is 160 Å². The van der Waals surface area contributed by atoms with Crippen molar-refractivity contribution in [1.29, 1.82) is 0 Å². The molecule has 0 bridgehead atoms. The lowest BCUT2D eigenvalue weighted by Gasteiger charge is -2.34. The first-order valence-electron chi connectivity index (χ1n) is 8.94. The molecule has 1 aromatic carbocycles. The molecule has 3 rings (SSSR count). The fraction of sp³-hybridized carbons (Fsp3) is 0.391. The van der Waals surface area contributed by atoms with Crippen LogP contribution in [0.3, 0.4) is 0 Å². The molecule has 1 aromatic rings. The predicted molar refractivity (Wildman–Crippen MR) is 115 cm³/mol. The van der Waals surface area contributed by atoms with Crippen molar-refractivity contribution in [3.63, 3.8) is 0 Å². The Hall–Kier alpha value is -1.09. The van der Waals surface area contributed by atoms with Gasteiger partial charge in [0.25, 0.3) is 0 Å². The Bertz CT molecular complexity index is 743. The molecule has 2 aliphatic carbocycles. The van der Waals surface area contributed by atoms with Crippen LogP contribution in [0.1, 0.15) is 63.1 Å². The minimum Gasteiger partial charge on any atom is -0.0808 e. The molecule has 0 aliphatic heterocycles. The molecular weight excluding hydrogens is 403 g/mol. The summed E-state index contributed by atoms with van der Waals surface area (Å²) in [7, 11) is 0. The number of benzene rings is 1. The second kappa shape index (κ2) is 7.03. The van der Waals surface area contributed by atoms with E-state index in [0.717, 1.165) is 6.42 Å². The SMILES string of the molecule is CC1/C=C\C=C/C(C)C(C)(C)c2cc(C3=CC=C(I)CC3)ccc21. The standard InChI is InChI=1S/C23H27I/c1-16-7-5-6-8-17(2)23(3,4)22-15-19(11-14-21(16)22)18-9-12-20(24)13-10-18/h5-9,11-12,14-17H,10,13H2,1-4H3/b7-5-,8-6-. The fourth-order valence-corrected chi connectivity index (χ4v) is 4.06. The second-order valence-corrected chi connectivity index (χ2v) is 9.06. The lowest BCUT2D eigenvalue weighted by molar-refractivity contribution is 0.406. The summed E-state index contributed by atoms with van der Waals surface area (Å²) in [5, 5.41) is 0. The number of rotatable bonds is 1. The summed E-state index contributed by atoms with van der Waals surface area (Å²) >= 11 is 2.45. The summed E-state index contributed by atoms with van der Waals surface area (Å²) in [4.78, 5) is 0. The lowest BCUT2D eigenvalue weighted by atomic mass is 9.70. The first-order valence-corrected chi connectivity index (χ1v) is 10.0. The zero-order valence-electron chi connectivity index (χ0n) is 15.1. The van der Waals surface area contributed by atoms with E-state index in [1.807, 2.05) is 0 Å². The van der Waals surface area contributed by atoms with Crippen LogP contribution in [0.25, 0.3) is 5.57 Å². The average Bonchev–Trinajstić information content (AvgIpc) is 2.61. The van der Waals surface area contributed by atoms with Crippen molar-refractivity contribution in [1.82, 2.24) is 0 Å². The molecule has 2 atom stereocenters. The van der Waals surface area contributed by atoms with Crippen LogP contribution in [0.2, 0.25) is 0 Å². The molecular formula is C23H27I. The number of hydrogen-bond acceptors (Lipinski definition) is 0. The van der Waals surface area contributed by atoms with Crippen LogP contribution in [-0.4, -0.2) is 0 Å². The Morgan fingerprint density at radius 3 is 2.46 bits per heavy atom. The smallest absolute Gasteiger partial charge is 0.000437 e. The molecule has 0 saturated carbocycles. The fourth-order valence-electron chi connectivity index (χ4n) is 3.61. The van der Waals surface area contributed by atoms with Gasteiger partial charge in [0.15, 0.2) is 0 Å². The van der Waals surface area contributed by atoms with Crippen LogP contribution in [0.15, 0.2) is 58.2 Å².